The zero-order chi connectivity index (χ0) is 24.6. The van der Waals surface area contributed by atoms with E-state index >= 15 is 0 Å². The minimum absolute atomic E-state index is 0.157. The number of hydrogen-bond donors (Lipinski definition) is 0. The van der Waals surface area contributed by atoms with Crippen molar-refractivity contribution in [2.45, 2.75) is 30.4 Å². The van der Waals surface area contributed by atoms with Crippen molar-refractivity contribution in [2.75, 3.05) is 18.0 Å². The molecule has 0 aliphatic carbocycles. The Morgan fingerprint density at radius 3 is 2.23 bits per heavy atom. The molecule has 182 valence electrons. The Kier molecular flexibility index (Phi) is 6.76. The molecule has 2 heterocycles. The molecule has 5 rings (SSSR count). The highest BCUT2D eigenvalue weighted by Crippen LogP contribution is 2.34. The van der Waals surface area contributed by atoms with E-state index in [1.165, 1.54) is 4.31 Å². The molecule has 2 aliphatic rings. The summed E-state index contributed by atoms with van der Waals surface area (Å²) in [6.45, 7) is 0.785. The van der Waals surface area contributed by atoms with E-state index < -0.39 is 16.1 Å². The molecule has 0 aromatic heterocycles. The van der Waals surface area contributed by atoms with Crippen LogP contribution in [0.25, 0.3) is 0 Å². The molecule has 10 heteroatoms. The number of fused-ring (bicyclic) bond motifs is 1. The summed E-state index contributed by atoms with van der Waals surface area (Å²) in [7, 11) is -3.67. The fourth-order valence-corrected chi connectivity index (χ4v) is 6.29. The van der Waals surface area contributed by atoms with Crippen LogP contribution in [0.15, 0.2) is 76.1 Å². The quantitative estimate of drug-likeness (QED) is 0.361. The predicted octanol–water partition coefficient (Wildman–Crippen LogP) is 6.20. The first-order chi connectivity index (χ1) is 16.8. The van der Waals surface area contributed by atoms with Gasteiger partial charge in [-0.2, -0.15) is 4.31 Å². The molecule has 1 fully saturated rings. The molecule has 0 N–H and O–H groups in total. The fraction of sp³-hybridized carbons (Fsp3) is 0.240. The van der Waals surface area contributed by atoms with Crippen LogP contribution >= 0.6 is 27.5 Å². The largest absolute Gasteiger partial charge is 0.457 e. The summed E-state index contributed by atoms with van der Waals surface area (Å²) in [6, 6.07) is 19.0. The standard InChI is InChI=1S/C25H22BrClN2O5S/c26-18-1-4-21(5-2-18)34-22-6-8-23(9-7-22)35(31,32)28-13-11-20(12-14-28)29-24-10-3-19(27)15-17(24)16-33-25(29)30/h1-10,15,20H,11-14,16H2. The first-order valence-corrected chi connectivity index (χ1v) is 13.7. The Morgan fingerprint density at radius 1 is 0.943 bits per heavy atom. The molecule has 3 aromatic carbocycles. The van der Waals surface area contributed by atoms with Crippen LogP contribution in [0.1, 0.15) is 18.4 Å². The number of rotatable bonds is 5. The predicted molar refractivity (Wildman–Crippen MR) is 137 cm³/mol. The number of anilines is 1. The molecule has 0 atom stereocenters. The van der Waals surface area contributed by atoms with Gasteiger partial charge in [-0.1, -0.05) is 27.5 Å². The van der Waals surface area contributed by atoms with E-state index in [0.717, 1.165) is 15.7 Å². The Labute approximate surface area is 217 Å². The molecule has 0 radical (unpaired) electrons. The zero-order valence-corrected chi connectivity index (χ0v) is 21.7. The lowest BCUT2D eigenvalue weighted by Crippen LogP contribution is -2.50. The number of halogens is 2. The molecule has 0 unspecified atom stereocenters. The third-order valence-corrected chi connectivity index (χ3v) is 8.82. The Morgan fingerprint density at radius 2 is 1.57 bits per heavy atom. The number of carbonyl (C=O) groups is 1. The van der Waals surface area contributed by atoms with E-state index in [0.29, 0.717) is 42.5 Å². The second-order valence-electron chi connectivity index (χ2n) is 8.36. The van der Waals surface area contributed by atoms with Gasteiger partial charge in [0.25, 0.3) is 0 Å². The molecule has 0 spiro atoms. The number of sulfonamides is 1. The maximum atomic E-state index is 13.2. The lowest BCUT2D eigenvalue weighted by Gasteiger charge is -2.39. The topological polar surface area (TPSA) is 76.2 Å². The number of hydrogen-bond acceptors (Lipinski definition) is 5. The molecule has 35 heavy (non-hydrogen) atoms. The van der Waals surface area contributed by atoms with Crippen LogP contribution < -0.4 is 9.64 Å². The number of cyclic esters (lactones) is 1. The van der Waals surface area contributed by atoms with Gasteiger partial charge in [0.2, 0.25) is 10.0 Å². The lowest BCUT2D eigenvalue weighted by molar-refractivity contribution is 0.136. The van der Waals surface area contributed by atoms with Gasteiger partial charge in [-0.25, -0.2) is 13.2 Å². The zero-order valence-electron chi connectivity index (χ0n) is 18.6. The van der Waals surface area contributed by atoms with E-state index in [9.17, 15) is 13.2 Å². The van der Waals surface area contributed by atoms with Crippen LogP contribution in [0.5, 0.6) is 11.5 Å². The van der Waals surface area contributed by atoms with Crippen molar-refractivity contribution in [1.29, 1.82) is 0 Å². The number of benzene rings is 3. The normalized spacial score (nSPS) is 17.1. The second-order valence-corrected chi connectivity index (χ2v) is 11.7. The van der Waals surface area contributed by atoms with E-state index in [4.69, 9.17) is 21.1 Å². The van der Waals surface area contributed by atoms with Gasteiger partial charge in [0.1, 0.15) is 18.1 Å². The van der Waals surface area contributed by atoms with Crippen LogP contribution in [-0.2, 0) is 21.4 Å². The fourth-order valence-electron chi connectivity index (χ4n) is 4.37. The monoisotopic (exact) mass is 576 g/mol. The van der Waals surface area contributed by atoms with Gasteiger partial charge in [-0.15, -0.1) is 0 Å². The van der Waals surface area contributed by atoms with Gasteiger partial charge >= 0.3 is 6.09 Å². The highest BCUT2D eigenvalue weighted by molar-refractivity contribution is 9.10. The van der Waals surface area contributed by atoms with Gasteiger partial charge in [-0.05, 0) is 79.6 Å². The molecular weight excluding hydrogens is 556 g/mol. The van der Waals surface area contributed by atoms with Crippen molar-refractivity contribution < 1.29 is 22.7 Å². The summed E-state index contributed by atoms with van der Waals surface area (Å²) in [5.74, 6) is 1.21. The van der Waals surface area contributed by atoms with Crippen molar-refractivity contribution in [3.05, 3.63) is 81.8 Å². The van der Waals surface area contributed by atoms with Crippen molar-refractivity contribution >= 4 is 49.3 Å². The molecule has 2 aliphatic heterocycles. The van der Waals surface area contributed by atoms with Gasteiger partial charge in [0.05, 0.1) is 10.6 Å². The minimum Gasteiger partial charge on any atom is -0.457 e. The van der Waals surface area contributed by atoms with Crippen molar-refractivity contribution in [2.24, 2.45) is 0 Å². The number of carbonyl (C=O) groups excluding carboxylic acids is 1. The SMILES string of the molecule is O=C1OCc2cc(Cl)ccc2N1C1CCN(S(=O)(=O)c2ccc(Oc3ccc(Br)cc3)cc2)CC1. The van der Waals surface area contributed by atoms with Gasteiger partial charge < -0.3 is 9.47 Å². The van der Waals surface area contributed by atoms with Crippen molar-refractivity contribution in [3.8, 4) is 11.5 Å². The van der Waals surface area contributed by atoms with Crippen LogP contribution in [0, 0.1) is 0 Å². The number of amides is 1. The van der Waals surface area contributed by atoms with Crippen LogP contribution in [-0.4, -0.2) is 37.9 Å². The average molecular weight is 578 g/mol. The summed E-state index contributed by atoms with van der Waals surface area (Å²) in [4.78, 5) is 14.4. The lowest BCUT2D eigenvalue weighted by atomic mass is 10.0. The highest BCUT2D eigenvalue weighted by Gasteiger charge is 2.37. The van der Waals surface area contributed by atoms with E-state index in [-0.39, 0.29) is 17.5 Å². The third kappa shape index (κ3) is 5.04. The molecule has 3 aromatic rings. The Balaban J connectivity index is 1.26. The number of nitrogens with zero attached hydrogens (tertiary/aromatic N) is 2. The summed E-state index contributed by atoms with van der Waals surface area (Å²) < 4.78 is 40.0. The smallest absolute Gasteiger partial charge is 0.414 e. The summed E-state index contributed by atoms with van der Waals surface area (Å²) in [5.41, 5.74) is 1.62. The van der Waals surface area contributed by atoms with Crippen LogP contribution in [0.4, 0.5) is 10.5 Å². The average Bonchev–Trinajstić information content (AvgIpc) is 2.86. The molecule has 0 saturated carbocycles. The third-order valence-electron chi connectivity index (χ3n) is 6.15. The minimum atomic E-state index is -3.67. The summed E-state index contributed by atoms with van der Waals surface area (Å²) in [6.07, 6.45) is 0.588. The van der Waals surface area contributed by atoms with E-state index in [2.05, 4.69) is 15.9 Å². The summed E-state index contributed by atoms with van der Waals surface area (Å²) >= 11 is 9.47. The second kappa shape index (κ2) is 9.81. The maximum Gasteiger partial charge on any atom is 0.414 e. The Hall–Kier alpha value is -2.59. The first kappa shape index (κ1) is 24.1. The highest BCUT2D eigenvalue weighted by atomic mass is 79.9. The molecule has 0 bridgehead atoms. The van der Waals surface area contributed by atoms with Crippen molar-refractivity contribution in [3.63, 3.8) is 0 Å². The van der Waals surface area contributed by atoms with Gasteiger partial charge in [-0.3, -0.25) is 4.90 Å². The maximum absolute atomic E-state index is 13.2. The Bertz CT molecular complexity index is 1340. The molecule has 7 nitrogen and oxygen atoms in total. The number of piperidine rings is 1. The first-order valence-electron chi connectivity index (χ1n) is 11.1. The molecule has 1 amide bonds. The van der Waals surface area contributed by atoms with E-state index in [1.807, 2.05) is 30.3 Å². The van der Waals surface area contributed by atoms with Crippen LogP contribution in [0.2, 0.25) is 5.02 Å². The van der Waals surface area contributed by atoms with E-state index in [1.54, 1.807) is 41.3 Å². The number of ether oxygens (including phenoxy) is 2. The molecular formula is C25H22BrClN2O5S. The summed E-state index contributed by atoms with van der Waals surface area (Å²) in [5, 5.41) is 0.579. The van der Waals surface area contributed by atoms with Gasteiger partial charge in [0.15, 0.2) is 0 Å². The molecule has 1 saturated heterocycles. The van der Waals surface area contributed by atoms with Gasteiger partial charge in [0, 0.05) is 34.2 Å². The van der Waals surface area contributed by atoms with Crippen molar-refractivity contribution in [1.82, 2.24) is 4.31 Å². The van der Waals surface area contributed by atoms with Crippen LogP contribution in [0.3, 0.4) is 0 Å².